The fourth-order valence-electron chi connectivity index (χ4n) is 3.39. The van der Waals surface area contributed by atoms with E-state index in [0.29, 0.717) is 22.7 Å². The first-order valence-corrected chi connectivity index (χ1v) is 9.56. The molecular formula is C24H18F2N2O4. The minimum absolute atomic E-state index is 0.0191. The van der Waals surface area contributed by atoms with Gasteiger partial charge in [0.1, 0.15) is 28.8 Å². The Morgan fingerprint density at radius 1 is 0.781 bits per heavy atom. The van der Waals surface area contributed by atoms with Crippen LogP contribution in [-0.4, -0.2) is 26.0 Å². The molecule has 0 bridgehead atoms. The zero-order valence-corrected chi connectivity index (χ0v) is 17.2. The summed E-state index contributed by atoms with van der Waals surface area (Å²) in [6.07, 6.45) is 0. The van der Waals surface area contributed by atoms with Gasteiger partial charge in [0.05, 0.1) is 31.2 Å². The number of benzene rings is 3. The summed E-state index contributed by atoms with van der Waals surface area (Å²) in [5, 5.41) is 2.99. The van der Waals surface area contributed by atoms with Crippen molar-refractivity contribution in [1.29, 1.82) is 0 Å². The summed E-state index contributed by atoms with van der Waals surface area (Å²) >= 11 is 0. The summed E-state index contributed by atoms with van der Waals surface area (Å²) in [4.78, 5) is 27.6. The summed E-state index contributed by atoms with van der Waals surface area (Å²) in [5.74, 6) is -1.31. The average Bonchev–Trinajstić information content (AvgIpc) is 3.04. The van der Waals surface area contributed by atoms with E-state index in [9.17, 15) is 18.4 Å². The number of rotatable bonds is 6. The quantitative estimate of drug-likeness (QED) is 0.581. The van der Waals surface area contributed by atoms with Gasteiger partial charge in [-0.1, -0.05) is 12.1 Å². The van der Waals surface area contributed by atoms with Crippen molar-refractivity contribution in [2.24, 2.45) is 0 Å². The molecule has 0 aliphatic carbocycles. The van der Waals surface area contributed by atoms with Gasteiger partial charge in [-0.2, -0.15) is 0 Å². The summed E-state index contributed by atoms with van der Waals surface area (Å²) in [6, 6.07) is 15.2. The lowest BCUT2D eigenvalue weighted by atomic mass is 10.0. The van der Waals surface area contributed by atoms with E-state index in [0.717, 1.165) is 17.0 Å². The zero-order valence-electron chi connectivity index (χ0n) is 17.2. The van der Waals surface area contributed by atoms with Gasteiger partial charge < -0.3 is 14.8 Å². The number of nitrogens with one attached hydrogen (secondary N) is 1. The summed E-state index contributed by atoms with van der Waals surface area (Å²) in [5.41, 5.74) is 1.01. The third-order valence-corrected chi connectivity index (χ3v) is 4.97. The predicted molar refractivity (Wildman–Crippen MR) is 115 cm³/mol. The van der Waals surface area contributed by atoms with Crippen molar-refractivity contribution >= 4 is 28.8 Å². The Labute approximate surface area is 182 Å². The third-order valence-electron chi connectivity index (χ3n) is 4.97. The summed E-state index contributed by atoms with van der Waals surface area (Å²) < 4.78 is 37.4. The lowest BCUT2D eigenvalue weighted by Gasteiger charge is -2.16. The van der Waals surface area contributed by atoms with Crippen molar-refractivity contribution in [2.45, 2.75) is 0 Å². The number of imide groups is 1. The molecule has 3 aromatic carbocycles. The number of carbonyl (C=O) groups is 2. The van der Waals surface area contributed by atoms with Crippen LogP contribution in [0.3, 0.4) is 0 Å². The van der Waals surface area contributed by atoms with Gasteiger partial charge in [-0.15, -0.1) is 0 Å². The van der Waals surface area contributed by atoms with Gasteiger partial charge in [0.25, 0.3) is 11.8 Å². The maximum atomic E-state index is 13.5. The molecule has 1 aliphatic rings. The molecular weight excluding hydrogens is 418 g/mol. The van der Waals surface area contributed by atoms with Gasteiger partial charge in [-0.25, -0.2) is 13.7 Å². The lowest BCUT2D eigenvalue weighted by Crippen LogP contribution is -2.32. The highest BCUT2D eigenvalue weighted by molar-refractivity contribution is 6.46. The van der Waals surface area contributed by atoms with E-state index < -0.39 is 23.4 Å². The molecule has 0 fully saturated rings. The Bertz CT molecular complexity index is 1220. The van der Waals surface area contributed by atoms with Crippen molar-refractivity contribution in [3.63, 3.8) is 0 Å². The van der Waals surface area contributed by atoms with Crippen molar-refractivity contribution in [1.82, 2.24) is 0 Å². The Hall–Kier alpha value is -4.20. The van der Waals surface area contributed by atoms with Crippen molar-refractivity contribution < 1.29 is 27.8 Å². The number of ether oxygens (including phenoxy) is 2. The molecule has 0 unspecified atom stereocenters. The minimum atomic E-state index is -0.640. The van der Waals surface area contributed by atoms with E-state index in [2.05, 4.69) is 5.32 Å². The van der Waals surface area contributed by atoms with Gasteiger partial charge in [0.15, 0.2) is 0 Å². The molecule has 0 spiro atoms. The van der Waals surface area contributed by atoms with Gasteiger partial charge in [0, 0.05) is 6.07 Å². The van der Waals surface area contributed by atoms with Crippen molar-refractivity contribution in [3.8, 4) is 11.5 Å². The lowest BCUT2D eigenvalue weighted by molar-refractivity contribution is -0.120. The van der Waals surface area contributed by atoms with E-state index in [-0.39, 0.29) is 17.0 Å². The summed E-state index contributed by atoms with van der Waals surface area (Å²) in [6.45, 7) is 0. The molecule has 1 aliphatic heterocycles. The van der Waals surface area contributed by atoms with Crippen LogP contribution in [0.2, 0.25) is 0 Å². The standard InChI is InChI=1S/C24H18F2N2O4/c1-31-18-11-12-19(20(13-18)32-2)27-22-21(14-3-5-15(25)6-4-14)23(29)28(24(22)30)17-9-7-16(26)8-10-17/h3-13,27H,1-2H3. The first kappa shape index (κ1) is 21.0. The predicted octanol–water partition coefficient (Wildman–Crippen LogP) is 4.38. The SMILES string of the molecule is COc1ccc(NC2=C(c3ccc(F)cc3)C(=O)N(c3ccc(F)cc3)C2=O)c(OC)c1. The number of methoxy groups -OCH3 is 2. The number of nitrogens with zero attached hydrogens (tertiary/aromatic N) is 1. The fourth-order valence-corrected chi connectivity index (χ4v) is 3.39. The fraction of sp³-hybridized carbons (Fsp3) is 0.0833. The molecule has 6 nitrogen and oxygen atoms in total. The number of hydrogen-bond donors (Lipinski definition) is 1. The molecule has 0 saturated carbocycles. The number of halogens is 2. The molecule has 0 atom stereocenters. The third kappa shape index (κ3) is 3.78. The van der Waals surface area contributed by atoms with Crippen LogP contribution in [0.1, 0.15) is 5.56 Å². The van der Waals surface area contributed by atoms with E-state index in [4.69, 9.17) is 9.47 Å². The average molecular weight is 436 g/mol. The number of hydrogen-bond acceptors (Lipinski definition) is 5. The molecule has 2 amide bonds. The van der Waals surface area contributed by atoms with E-state index in [1.54, 1.807) is 18.2 Å². The Kier molecular flexibility index (Phi) is 5.59. The monoisotopic (exact) mass is 436 g/mol. The largest absolute Gasteiger partial charge is 0.497 e. The van der Waals surface area contributed by atoms with E-state index in [1.807, 2.05) is 0 Å². The number of amides is 2. The molecule has 0 radical (unpaired) electrons. The van der Waals surface area contributed by atoms with Crippen LogP contribution in [-0.2, 0) is 9.59 Å². The van der Waals surface area contributed by atoms with E-state index in [1.165, 1.54) is 50.6 Å². The van der Waals surface area contributed by atoms with Crippen LogP contribution < -0.4 is 19.7 Å². The zero-order chi connectivity index (χ0) is 22.8. The van der Waals surface area contributed by atoms with Crippen molar-refractivity contribution in [3.05, 3.63) is 89.6 Å². The molecule has 8 heteroatoms. The Morgan fingerprint density at radius 3 is 2.00 bits per heavy atom. The highest BCUT2D eigenvalue weighted by Crippen LogP contribution is 2.36. The Morgan fingerprint density at radius 2 is 1.41 bits per heavy atom. The second-order valence-electron chi connectivity index (χ2n) is 6.87. The molecule has 162 valence electrons. The smallest absolute Gasteiger partial charge is 0.282 e. The van der Waals surface area contributed by atoms with Gasteiger partial charge >= 0.3 is 0 Å². The molecule has 0 aromatic heterocycles. The second-order valence-corrected chi connectivity index (χ2v) is 6.87. The van der Waals surface area contributed by atoms with Gasteiger partial charge in [0.2, 0.25) is 0 Å². The first-order chi connectivity index (χ1) is 15.4. The normalized spacial score (nSPS) is 13.6. The molecule has 0 saturated heterocycles. The molecule has 32 heavy (non-hydrogen) atoms. The topological polar surface area (TPSA) is 67.9 Å². The van der Waals surface area contributed by atoms with Crippen LogP contribution >= 0.6 is 0 Å². The number of carbonyl (C=O) groups excluding carboxylic acids is 2. The molecule has 3 aromatic rings. The van der Waals surface area contributed by atoms with Gasteiger partial charge in [-0.3, -0.25) is 9.59 Å². The first-order valence-electron chi connectivity index (χ1n) is 9.56. The van der Waals surface area contributed by atoms with Crippen LogP contribution in [0.15, 0.2) is 72.4 Å². The van der Waals surface area contributed by atoms with Crippen LogP contribution in [0.4, 0.5) is 20.2 Å². The highest BCUT2D eigenvalue weighted by atomic mass is 19.1. The van der Waals surface area contributed by atoms with Crippen LogP contribution in [0.25, 0.3) is 5.57 Å². The van der Waals surface area contributed by atoms with E-state index >= 15 is 0 Å². The van der Waals surface area contributed by atoms with Crippen molar-refractivity contribution in [2.75, 3.05) is 24.4 Å². The Balaban J connectivity index is 1.82. The van der Waals surface area contributed by atoms with Gasteiger partial charge in [-0.05, 0) is 54.1 Å². The highest BCUT2D eigenvalue weighted by Gasteiger charge is 2.40. The maximum Gasteiger partial charge on any atom is 0.282 e. The molecule has 4 rings (SSSR count). The molecule has 1 N–H and O–H groups in total. The summed E-state index contributed by atoms with van der Waals surface area (Å²) in [7, 11) is 2.97. The second kappa shape index (κ2) is 8.50. The van der Waals surface area contributed by atoms with Crippen LogP contribution in [0, 0.1) is 11.6 Å². The van der Waals surface area contributed by atoms with Crippen LogP contribution in [0.5, 0.6) is 11.5 Å². The number of anilines is 2. The minimum Gasteiger partial charge on any atom is -0.497 e. The molecule has 1 heterocycles. The maximum absolute atomic E-state index is 13.5.